The number of nitrogens with two attached hydrogens (primary N) is 1. The molecular formula is C10H11N5O3S. The number of nitrogens with zero attached hydrogens (tertiary/aromatic N) is 3. The average Bonchev–Trinajstić information content (AvgIpc) is 2.88. The average molecular weight is 281 g/mol. The third-order valence-electron chi connectivity index (χ3n) is 2.27. The zero-order chi connectivity index (χ0) is 13.8. The minimum Gasteiger partial charge on any atom is -0.468 e. The lowest BCUT2D eigenvalue weighted by Gasteiger charge is -2.05. The maximum atomic E-state index is 11.0. The van der Waals surface area contributed by atoms with Gasteiger partial charge in [0, 0.05) is 0 Å². The molecule has 8 nitrogen and oxygen atoms in total. The Labute approximate surface area is 112 Å². The predicted octanol–water partition coefficient (Wildman–Crippen LogP) is 1.86. The summed E-state index contributed by atoms with van der Waals surface area (Å²) in [6.45, 7) is 1.54. The third kappa shape index (κ3) is 3.01. The van der Waals surface area contributed by atoms with Gasteiger partial charge in [0.25, 0.3) is 0 Å². The third-order valence-corrected chi connectivity index (χ3v) is 3.26. The molecule has 0 aliphatic rings. The fourth-order valence-corrected chi connectivity index (χ4v) is 2.40. The summed E-state index contributed by atoms with van der Waals surface area (Å²) in [5.41, 5.74) is 2.43. The topological polar surface area (TPSA) is 120 Å². The number of hydrogen-bond acceptors (Lipinski definition) is 8. The SMILES string of the molecule is Cc1nc(NN)nc(SCc2ccco2)c1[N+](=O)[O-]. The number of furan rings is 1. The van der Waals surface area contributed by atoms with Crippen LogP contribution in [0.2, 0.25) is 0 Å². The summed E-state index contributed by atoms with van der Waals surface area (Å²) < 4.78 is 5.17. The largest absolute Gasteiger partial charge is 0.468 e. The maximum Gasteiger partial charge on any atom is 0.322 e. The number of rotatable bonds is 5. The first-order valence-corrected chi connectivity index (χ1v) is 6.25. The monoisotopic (exact) mass is 281 g/mol. The van der Waals surface area contributed by atoms with Gasteiger partial charge in [-0.1, -0.05) is 11.8 Å². The summed E-state index contributed by atoms with van der Waals surface area (Å²) in [6, 6.07) is 3.54. The Balaban J connectivity index is 2.30. The van der Waals surface area contributed by atoms with Gasteiger partial charge in [-0.25, -0.2) is 10.8 Å². The Bertz CT molecular complexity index is 587. The highest BCUT2D eigenvalue weighted by Crippen LogP contribution is 2.32. The van der Waals surface area contributed by atoms with Crippen LogP contribution in [-0.4, -0.2) is 14.9 Å². The number of aryl methyl sites for hydroxylation is 1. The Morgan fingerprint density at radius 3 is 2.95 bits per heavy atom. The van der Waals surface area contributed by atoms with Gasteiger partial charge < -0.3 is 4.42 Å². The van der Waals surface area contributed by atoms with Gasteiger partial charge in [-0.3, -0.25) is 15.5 Å². The quantitative estimate of drug-likeness (QED) is 0.280. The molecule has 0 saturated carbocycles. The highest BCUT2D eigenvalue weighted by molar-refractivity contribution is 7.98. The lowest BCUT2D eigenvalue weighted by Crippen LogP contribution is -2.12. The van der Waals surface area contributed by atoms with E-state index in [1.807, 2.05) is 0 Å². The fraction of sp³-hybridized carbons (Fsp3) is 0.200. The minimum absolute atomic E-state index is 0.115. The lowest BCUT2D eigenvalue weighted by molar-refractivity contribution is -0.389. The highest BCUT2D eigenvalue weighted by Gasteiger charge is 2.22. The van der Waals surface area contributed by atoms with E-state index in [2.05, 4.69) is 15.4 Å². The van der Waals surface area contributed by atoms with E-state index >= 15 is 0 Å². The van der Waals surface area contributed by atoms with Crippen LogP contribution in [0.5, 0.6) is 0 Å². The van der Waals surface area contributed by atoms with Gasteiger partial charge in [-0.2, -0.15) is 4.98 Å². The van der Waals surface area contributed by atoms with E-state index in [1.165, 1.54) is 18.7 Å². The molecule has 2 aromatic heterocycles. The summed E-state index contributed by atoms with van der Waals surface area (Å²) in [5.74, 6) is 6.52. The smallest absolute Gasteiger partial charge is 0.322 e. The van der Waals surface area contributed by atoms with Crippen molar-refractivity contribution < 1.29 is 9.34 Å². The Morgan fingerprint density at radius 2 is 2.37 bits per heavy atom. The molecule has 19 heavy (non-hydrogen) atoms. The van der Waals surface area contributed by atoms with Gasteiger partial charge in [0.05, 0.1) is 16.9 Å². The molecule has 0 saturated heterocycles. The minimum atomic E-state index is -0.500. The number of nitrogens with one attached hydrogen (secondary N) is 1. The number of anilines is 1. The van der Waals surface area contributed by atoms with Gasteiger partial charge in [0.15, 0.2) is 5.03 Å². The fourth-order valence-electron chi connectivity index (χ4n) is 1.45. The van der Waals surface area contributed by atoms with Gasteiger partial charge in [0.2, 0.25) is 5.95 Å². The predicted molar refractivity (Wildman–Crippen MR) is 69.5 cm³/mol. The molecular weight excluding hydrogens is 270 g/mol. The molecule has 0 unspecified atom stereocenters. The van der Waals surface area contributed by atoms with Crippen LogP contribution >= 0.6 is 11.8 Å². The molecule has 0 atom stereocenters. The lowest BCUT2D eigenvalue weighted by atomic mass is 10.4. The zero-order valence-electron chi connectivity index (χ0n) is 9.99. The van der Waals surface area contributed by atoms with Crippen molar-refractivity contribution in [2.45, 2.75) is 17.7 Å². The van der Waals surface area contributed by atoms with Crippen molar-refractivity contribution in [1.29, 1.82) is 0 Å². The molecule has 0 aliphatic carbocycles. The molecule has 2 aromatic rings. The van der Waals surface area contributed by atoms with Crippen molar-refractivity contribution in [2.24, 2.45) is 5.84 Å². The van der Waals surface area contributed by atoms with E-state index in [1.54, 1.807) is 18.4 Å². The zero-order valence-corrected chi connectivity index (χ0v) is 10.8. The molecule has 0 fully saturated rings. The van der Waals surface area contributed by atoms with Gasteiger partial charge >= 0.3 is 5.69 Å². The molecule has 2 rings (SSSR count). The molecule has 3 N–H and O–H groups in total. The Kier molecular flexibility index (Phi) is 3.97. The molecule has 0 aromatic carbocycles. The standard InChI is InChI=1S/C10H11N5O3S/c1-6-8(15(16)17)9(13-10(12-6)14-11)19-5-7-3-2-4-18-7/h2-4H,5,11H2,1H3,(H,12,13,14). The van der Waals surface area contributed by atoms with Crippen molar-refractivity contribution in [3.8, 4) is 0 Å². The van der Waals surface area contributed by atoms with Crippen LogP contribution in [0.4, 0.5) is 11.6 Å². The van der Waals surface area contributed by atoms with E-state index in [-0.39, 0.29) is 22.4 Å². The summed E-state index contributed by atoms with van der Waals surface area (Å²) in [6.07, 6.45) is 1.54. The second kappa shape index (κ2) is 5.67. The van der Waals surface area contributed by atoms with Crippen LogP contribution in [0.25, 0.3) is 0 Å². The molecule has 0 aliphatic heterocycles. The second-order valence-electron chi connectivity index (χ2n) is 3.56. The van der Waals surface area contributed by atoms with Crippen LogP contribution in [0.15, 0.2) is 27.8 Å². The number of thioether (sulfide) groups is 1. The van der Waals surface area contributed by atoms with Crippen LogP contribution < -0.4 is 11.3 Å². The molecule has 0 radical (unpaired) electrons. The van der Waals surface area contributed by atoms with E-state index in [9.17, 15) is 10.1 Å². The summed E-state index contributed by atoms with van der Waals surface area (Å²) >= 11 is 1.19. The summed E-state index contributed by atoms with van der Waals surface area (Å²) in [5, 5.41) is 11.3. The molecule has 2 heterocycles. The summed E-state index contributed by atoms with van der Waals surface area (Å²) in [7, 11) is 0. The molecule has 0 spiro atoms. The normalized spacial score (nSPS) is 10.4. The number of aromatic nitrogens is 2. The molecule has 9 heteroatoms. The van der Waals surface area contributed by atoms with Crippen molar-refractivity contribution >= 4 is 23.4 Å². The maximum absolute atomic E-state index is 11.0. The number of hydrogen-bond donors (Lipinski definition) is 2. The van der Waals surface area contributed by atoms with E-state index < -0.39 is 4.92 Å². The first-order chi connectivity index (χ1) is 9.11. The second-order valence-corrected chi connectivity index (χ2v) is 4.52. The first kappa shape index (κ1) is 13.3. The molecule has 100 valence electrons. The van der Waals surface area contributed by atoms with E-state index in [0.29, 0.717) is 11.5 Å². The van der Waals surface area contributed by atoms with Gasteiger partial charge in [-0.05, 0) is 19.1 Å². The molecule has 0 bridgehead atoms. The van der Waals surface area contributed by atoms with Gasteiger partial charge in [0.1, 0.15) is 11.5 Å². The van der Waals surface area contributed by atoms with E-state index in [4.69, 9.17) is 10.3 Å². The Hall–Kier alpha value is -2.13. The van der Waals surface area contributed by atoms with Crippen molar-refractivity contribution in [1.82, 2.24) is 9.97 Å². The molecule has 0 amide bonds. The van der Waals surface area contributed by atoms with Gasteiger partial charge in [-0.15, -0.1) is 0 Å². The van der Waals surface area contributed by atoms with Crippen LogP contribution in [0, 0.1) is 17.0 Å². The van der Waals surface area contributed by atoms with Crippen LogP contribution in [0.3, 0.4) is 0 Å². The van der Waals surface area contributed by atoms with Crippen molar-refractivity contribution in [3.63, 3.8) is 0 Å². The number of nitro groups is 1. The number of nitrogen functional groups attached to an aromatic ring is 1. The summed E-state index contributed by atoms with van der Waals surface area (Å²) in [4.78, 5) is 18.4. The number of hydrazine groups is 1. The van der Waals surface area contributed by atoms with E-state index in [0.717, 1.165) is 0 Å². The van der Waals surface area contributed by atoms with Crippen LogP contribution in [-0.2, 0) is 5.75 Å². The van der Waals surface area contributed by atoms with Crippen molar-refractivity contribution in [3.05, 3.63) is 40.0 Å². The van der Waals surface area contributed by atoms with Crippen LogP contribution in [0.1, 0.15) is 11.5 Å². The van der Waals surface area contributed by atoms with Crippen molar-refractivity contribution in [2.75, 3.05) is 5.43 Å². The first-order valence-electron chi connectivity index (χ1n) is 5.26. The highest BCUT2D eigenvalue weighted by atomic mass is 32.2. The Morgan fingerprint density at radius 1 is 1.58 bits per heavy atom.